The van der Waals surface area contributed by atoms with Gasteiger partial charge in [-0.3, -0.25) is 9.97 Å². The Bertz CT molecular complexity index is 8660. The van der Waals surface area contributed by atoms with Crippen molar-refractivity contribution in [1.82, 2.24) is 34.9 Å². The van der Waals surface area contributed by atoms with Crippen molar-refractivity contribution in [1.29, 1.82) is 0 Å². The van der Waals surface area contributed by atoms with Gasteiger partial charge in [0.25, 0.3) is 0 Å². The number of hydrogen-bond acceptors (Lipinski definition) is 10. The molecule has 0 bridgehead atoms. The summed E-state index contributed by atoms with van der Waals surface area (Å²) in [7, 11) is 0. The lowest BCUT2D eigenvalue weighted by molar-refractivity contribution is 0.487. The molecule has 5 aromatic heterocycles. The van der Waals surface area contributed by atoms with Gasteiger partial charge in [0.15, 0.2) is 17.5 Å². The van der Waals surface area contributed by atoms with Gasteiger partial charge in [-0.25, -0.2) is 24.9 Å². The van der Waals surface area contributed by atoms with Crippen molar-refractivity contribution in [2.45, 2.75) is 12.8 Å². The first kappa shape index (κ1) is 80.8. The molecule has 4 aliphatic rings. The summed E-state index contributed by atoms with van der Waals surface area (Å²) in [6, 6.07) is 152. The van der Waals surface area contributed by atoms with E-state index in [4.69, 9.17) is 49.1 Å². The Labute approximate surface area is 791 Å². The number of allylic oxidation sites excluding steroid dienone is 4. The van der Waals surface area contributed by atoms with E-state index in [-0.39, 0.29) is 0 Å². The normalized spacial score (nSPS) is 12.2. The Kier molecular flexibility index (Phi) is 20.5. The molecule has 18 aromatic carbocycles. The maximum Gasteiger partial charge on any atom is 0.164 e. The lowest BCUT2D eigenvalue weighted by Gasteiger charge is -2.22. The van der Waals surface area contributed by atoms with Crippen LogP contribution in [0.15, 0.2) is 467 Å². The highest BCUT2D eigenvalue weighted by Gasteiger charge is 2.27. The van der Waals surface area contributed by atoms with Gasteiger partial charge in [0.2, 0.25) is 0 Å². The minimum absolute atomic E-state index is 0.647. The molecule has 642 valence electrons. The van der Waals surface area contributed by atoms with Crippen molar-refractivity contribution < 1.29 is 14.2 Å². The maximum atomic E-state index is 6.32. The molecule has 0 unspecified atom stereocenters. The van der Waals surface area contributed by atoms with E-state index < -0.39 is 0 Å². The van der Waals surface area contributed by atoms with Gasteiger partial charge in [0.05, 0.1) is 34.0 Å². The number of ether oxygens (including phenoxy) is 3. The molecular weight excluding hydrogens is 1670 g/mol. The molecule has 0 fully saturated rings. The first-order chi connectivity index (χ1) is 67.8. The summed E-state index contributed by atoms with van der Waals surface area (Å²) in [6.07, 6.45) is 12.8. The molecular formula is C127H81N7O3. The predicted molar refractivity (Wildman–Crippen MR) is 560 cm³/mol. The molecule has 1 aliphatic carbocycles. The zero-order valence-corrected chi connectivity index (χ0v) is 74.2. The van der Waals surface area contributed by atoms with Crippen LogP contribution in [0.4, 0.5) is 0 Å². The fourth-order valence-electron chi connectivity index (χ4n) is 19.6. The fraction of sp³-hybridized carbons (Fsp3) is 0.0157. The standard InChI is InChI=1S/C43H27N3O.C42H28N2O.C42H26N2O/c1-3-10-31(11-4-1)41-44-42(32-12-5-2-6-13-32)46-43(45-41)33-24-20-29(21-25-33)28-18-22-30(23-19-28)34-26-27-39-40-36(34)15-9-16-37(40)35-14-7-8-17-38(35)47-39;1-3-10-27(11-4-1)38-24-31(25-39(44-38)28-12-5-2-6-13-28)29-18-19-30-22-32(26-43-37(30)23-29)33-20-21-41-42-35(33)15-9-16-36(42)34-14-7-8-17-40(34)45-41;1-3-10-27(11-4-1)31-24-37(28-12-5-2-6-13-28)44-38(25-31)30-19-18-29-23-39(43-26-32(29)22-30)33-20-21-41-42-35(33)15-9-16-36(42)34-14-7-8-17-40(34)45-41/h1-27H;1,3-5,7-26H,2,6H2;1-26H. The first-order valence-electron chi connectivity index (χ1n) is 46.3. The summed E-state index contributed by atoms with van der Waals surface area (Å²) < 4.78 is 18.9. The molecule has 27 rings (SSSR count). The summed E-state index contributed by atoms with van der Waals surface area (Å²) in [5.41, 5.74) is 32.6. The van der Waals surface area contributed by atoms with E-state index in [1.165, 1.54) is 49.7 Å². The largest absolute Gasteiger partial charge is 0.456 e. The highest BCUT2D eigenvalue weighted by Crippen LogP contribution is 2.53. The van der Waals surface area contributed by atoms with Crippen molar-refractivity contribution in [3.63, 3.8) is 0 Å². The Hall–Kier alpha value is -18.3. The van der Waals surface area contributed by atoms with Crippen molar-refractivity contribution in [2.75, 3.05) is 0 Å². The van der Waals surface area contributed by atoms with Crippen molar-refractivity contribution in [3.8, 4) is 203 Å². The van der Waals surface area contributed by atoms with Gasteiger partial charge in [-0.15, -0.1) is 0 Å². The third-order valence-electron chi connectivity index (χ3n) is 26.4. The monoisotopic (exact) mass is 1750 g/mol. The molecule has 10 nitrogen and oxygen atoms in total. The van der Waals surface area contributed by atoms with E-state index in [1.54, 1.807) is 0 Å². The number of pyridine rings is 4. The maximum absolute atomic E-state index is 6.32. The van der Waals surface area contributed by atoms with E-state index in [9.17, 15) is 0 Å². The van der Waals surface area contributed by atoms with Crippen LogP contribution in [-0.2, 0) is 0 Å². The van der Waals surface area contributed by atoms with Crippen LogP contribution in [0.3, 0.4) is 0 Å². The third kappa shape index (κ3) is 15.4. The summed E-state index contributed by atoms with van der Waals surface area (Å²) in [5, 5.41) is 10.2. The van der Waals surface area contributed by atoms with Crippen LogP contribution in [-0.4, -0.2) is 34.9 Å². The summed E-state index contributed by atoms with van der Waals surface area (Å²) in [4.78, 5) is 34.7. The number of fused-ring (bicyclic) bond motifs is 8. The van der Waals surface area contributed by atoms with Crippen LogP contribution in [0, 0.1) is 0 Å². The third-order valence-corrected chi connectivity index (χ3v) is 26.4. The van der Waals surface area contributed by atoms with Gasteiger partial charge in [0.1, 0.15) is 34.5 Å². The second-order valence-electron chi connectivity index (χ2n) is 34.8. The molecule has 0 spiro atoms. The average Bonchev–Trinajstić information content (AvgIpc) is 0.783. The molecule has 8 heterocycles. The number of nitrogens with zero attached hydrogens (tertiary/aromatic N) is 7. The number of rotatable bonds is 13. The smallest absolute Gasteiger partial charge is 0.164 e. The number of aromatic nitrogens is 7. The predicted octanol–water partition coefficient (Wildman–Crippen LogP) is 33.6. The summed E-state index contributed by atoms with van der Waals surface area (Å²) >= 11 is 0. The highest BCUT2D eigenvalue weighted by molar-refractivity contribution is 6.13. The number of hydrogen-bond donors (Lipinski definition) is 0. The van der Waals surface area contributed by atoms with Crippen LogP contribution >= 0.6 is 0 Å². The lowest BCUT2D eigenvalue weighted by atomic mass is 9.90. The van der Waals surface area contributed by atoms with E-state index >= 15 is 0 Å². The van der Waals surface area contributed by atoms with Gasteiger partial charge >= 0.3 is 0 Å². The van der Waals surface area contributed by atoms with Gasteiger partial charge in [-0.2, -0.15) is 0 Å². The van der Waals surface area contributed by atoms with E-state index in [2.05, 4.69) is 340 Å². The SMILES string of the molecule is C1=CC(c2cc(-c3ccc4cc(-c5ccc6c7c(cccc57)-c5ccccc5O6)cnc4c3)cc(-c3ccccc3)n2)=CCC1.c1ccc(-c2cc(-c3ccccc3)nc(-c3ccc4cc(-c5ccc6c7c(cccc57)-c5ccccc5O6)ncc4c3)c2)cc1.c1ccc(-c2nc(-c3ccccc3)nc(-c3ccc(-c4ccc(-c5ccc6c7c(cccc57)-c5ccccc5O6)cc4)cc3)n2)cc1. The van der Waals surface area contributed by atoms with Gasteiger partial charge in [0, 0.05) is 101 Å². The molecule has 10 heteroatoms. The number of para-hydroxylation sites is 3. The van der Waals surface area contributed by atoms with E-state index in [0.29, 0.717) is 17.5 Å². The molecule has 0 amide bonds. The number of benzene rings is 18. The minimum Gasteiger partial charge on any atom is -0.456 e. The van der Waals surface area contributed by atoms with Crippen LogP contribution < -0.4 is 14.2 Å². The molecule has 0 saturated carbocycles. The molecule has 0 radical (unpaired) electrons. The molecule has 0 atom stereocenters. The van der Waals surface area contributed by atoms with Gasteiger partial charge in [-0.1, -0.05) is 358 Å². The van der Waals surface area contributed by atoms with E-state index in [0.717, 1.165) is 214 Å². The lowest BCUT2D eigenvalue weighted by Crippen LogP contribution is -2.00. The Morgan fingerprint density at radius 3 is 1.08 bits per heavy atom. The molecule has 0 N–H and O–H groups in total. The van der Waals surface area contributed by atoms with Crippen LogP contribution in [0.2, 0.25) is 0 Å². The van der Waals surface area contributed by atoms with Crippen molar-refractivity contribution in [2.24, 2.45) is 0 Å². The van der Waals surface area contributed by atoms with E-state index in [1.807, 2.05) is 128 Å². The van der Waals surface area contributed by atoms with Crippen molar-refractivity contribution in [3.05, 3.63) is 473 Å². The Morgan fingerprint density at radius 1 is 0.190 bits per heavy atom. The zero-order valence-electron chi connectivity index (χ0n) is 74.2. The fourth-order valence-corrected chi connectivity index (χ4v) is 19.6. The topological polar surface area (TPSA) is 118 Å². The van der Waals surface area contributed by atoms with Crippen LogP contribution in [0.1, 0.15) is 18.5 Å². The van der Waals surface area contributed by atoms with Crippen molar-refractivity contribution >= 4 is 59.6 Å². The van der Waals surface area contributed by atoms with Gasteiger partial charge < -0.3 is 14.2 Å². The first-order valence-corrected chi connectivity index (χ1v) is 46.3. The zero-order chi connectivity index (χ0) is 90.6. The molecule has 137 heavy (non-hydrogen) atoms. The van der Waals surface area contributed by atoms with Crippen LogP contribution in [0.25, 0.3) is 228 Å². The van der Waals surface area contributed by atoms with Crippen LogP contribution in [0.5, 0.6) is 34.5 Å². The van der Waals surface area contributed by atoms with Gasteiger partial charge in [-0.05, 0) is 204 Å². The quantitative estimate of drug-likeness (QED) is 0.110. The highest BCUT2D eigenvalue weighted by atomic mass is 16.5. The molecule has 23 aromatic rings. The Balaban J connectivity index is 0.000000109. The second-order valence-corrected chi connectivity index (χ2v) is 34.8. The average molecular weight is 1750 g/mol. The summed E-state index contributed by atoms with van der Waals surface area (Å²) in [5.74, 6) is 7.34. The molecule has 3 aliphatic heterocycles. The Morgan fingerprint density at radius 2 is 0.569 bits per heavy atom. The minimum atomic E-state index is 0.647. The molecule has 0 saturated heterocycles. The second kappa shape index (κ2) is 34.8. The summed E-state index contributed by atoms with van der Waals surface area (Å²) in [6.45, 7) is 0.